The van der Waals surface area contributed by atoms with Gasteiger partial charge in [0.15, 0.2) is 0 Å². The van der Waals surface area contributed by atoms with Gasteiger partial charge in [-0.1, -0.05) is 12.2 Å². The lowest BCUT2D eigenvalue weighted by atomic mass is 10.3. The molecule has 7 heteroatoms. The van der Waals surface area contributed by atoms with Crippen LogP contribution < -0.4 is 10.6 Å². The molecule has 1 heterocycles. The lowest BCUT2D eigenvalue weighted by molar-refractivity contribution is -0.127. The van der Waals surface area contributed by atoms with Gasteiger partial charge in [0.1, 0.15) is 10.7 Å². The third-order valence-electron chi connectivity index (χ3n) is 2.58. The fourth-order valence-electron chi connectivity index (χ4n) is 1.45. The molecule has 0 bridgehead atoms. The lowest BCUT2D eigenvalue weighted by Gasteiger charge is -2.22. The van der Waals surface area contributed by atoms with Crippen molar-refractivity contribution in [2.24, 2.45) is 5.73 Å². The summed E-state index contributed by atoms with van der Waals surface area (Å²) < 4.78 is 0. The molecule has 0 saturated carbocycles. The normalized spacial score (nSPS) is 10.1. The van der Waals surface area contributed by atoms with Gasteiger partial charge >= 0.3 is 0 Å². The number of carbonyl (C=O) groups is 1. The number of aromatic nitrogens is 2. The summed E-state index contributed by atoms with van der Waals surface area (Å²) in [5.74, 6) is 0.462. The minimum absolute atomic E-state index is 0.0103. The highest BCUT2D eigenvalue weighted by Gasteiger charge is 2.15. The van der Waals surface area contributed by atoms with Gasteiger partial charge in [-0.15, -0.1) is 0 Å². The van der Waals surface area contributed by atoms with Crippen molar-refractivity contribution in [2.45, 2.75) is 13.8 Å². The average molecular weight is 281 g/mol. The van der Waals surface area contributed by atoms with Gasteiger partial charge in [-0.05, 0) is 19.9 Å². The van der Waals surface area contributed by atoms with Crippen LogP contribution in [-0.2, 0) is 4.79 Å². The van der Waals surface area contributed by atoms with Gasteiger partial charge in [-0.3, -0.25) is 4.79 Å². The topological polar surface area (TPSA) is 75.4 Å². The highest BCUT2D eigenvalue weighted by Crippen LogP contribution is 2.10. The van der Waals surface area contributed by atoms with E-state index in [-0.39, 0.29) is 17.4 Å². The molecule has 1 aromatic heterocycles. The molecule has 0 aromatic carbocycles. The minimum Gasteiger partial charge on any atom is -0.388 e. The highest BCUT2D eigenvalue weighted by molar-refractivity contribution is 7.80. The molecule has 0 radical (unpaired) electrons. The average Bonchev–Trinajstić information content (AvgIpc) is 2.34. The maximum Gasteiger partial charge on any atom is 0.241 e. The monoisotopic (exact) mass is 281 g/mol. The van der Waals surface area contributed by atoms with Crippen molar-refractivity contribution in [2.75, 3.05) is 32.1 Å². The lowest BCUT2D eigenvalue weighted by Crippen LogP contribution is -2.37. The van der Waals surface area contributed by atoms with Gasteiger partial charge in [0.25, 0.3) is 0 Å². The zero-order chi connectivity index (χ0) is 14.6. The van der Waals surface area contributed by atoms with E-state index in [9.17, 15) is 4.79 Å². The van der Waals surface area contributed by atoms with Crippen LogP contribution in [0.4, 0.5) is 5.95 Å². The molecule has 0 aliphatic rings. The first-order valence-electron chi connectivity index (χ1n) is 5.95. The Morgan fingerprint density at radius 1 is 1.42 bits per heavy atom. The molecule has 104 valence electrons. The molecule has 0 aliphatic heterocycles. The Kier molecular flexibility index (Phi) is 5.17. The third-order valence-corrected chi connectivity index (χ3v) is 2.79. The number of anilines is 1. The van der Waals surface area contributed by atoms with Crippen molar-refractivity contribution in [1.82, 2.24) is 14.9 Å². The molecular weight excluding hydrogens is 262 g/mol. The molecule has 0 spiro atoms. The van der Waals surface area contributed by atoms with Gasteiger partial charge in [0, 0.05) is 26.3 Å². The molecule has 19 heavy (non-hydrogen) atoms. The molecule has 2 N–H and O–H groups in total. The highest BCUT2D eigenvalue weighted by atomic mass is 32.1. The van der Waals surface area contributed by atoms with Crippen LogP contribution in [0.5, 0.6) is 0 Å². The van der Waals surface area contributed by atoms with Gasteiger partial charge in [-0.2, -0.15) is 0 Å². The van der Waals surface area contributed by atoms with Crippen molar-refractivity contribution in [3.05, 3.63) is 17.5 Å². The summed E-state index contributed by atoms with van der Waals surface area (Å²) in [7, 11) is 3.43. The van der Waals surface area contributed by atoms with Gasteiger partial charge in [0.05, 0.1) is 6.54 Å². The predicted octanol–water partition coefficient (Wildman–Crippen LogP) is 0.334. The molecule has 6 nitrogen and oxygen atoms in total. The summed E-state index contributed by atoms with van der Waals surface area (Å²) >= 11 is 4.93. The quantitative estimate of drug-likeness (QED) is 0.784. The number of hydrogen-bond donors (Lipinski definition) is 1. The molecular formula is C12H19N5OS. The number of likely N-dealkylation sites (N-methyl/N-ethyl adjacent to an activating group) is 2. The Balaban J connectivity index is 3.04. The third kappa shape index (κ3) is 4.13. The van der Waals surface area contributed by atoms with Gasteiger partial charge < -0.3 is 15.5 Å². The summed E-state index contributed by atoms with van der Waals surface area (Å²) in [6, 6.07) is 1.73. The first kappa shape index (κ1) is 15.3. The van der Waals surface area contributed by atoms with Crippen LogP contribution in [-0.4, -0.2) is 52.9 Å². The van der Waals surface area contributed by atoms with Crippen LogP contribution in [0.25, 0.3) is 0 Å². The molecule has 1 amide bonds. The molecule has 1 aromatic rings. The number of nitrogens with zero attached hydrogens (tertiary/aromatic N) is 4. The predicted molar refractivity (Wildman–Crippen MR) is 79.2 cm³/mol. The Morgan fingerprint density at radius 3 is 2.53 bits per heavy atom. The van der Waals surface area contributed by atoms with E-state index in [1.807, 2.05) is 13.8 Å². The number of carbonyl (C=O) groups excluding carboxylic acids is 1. The van der Waals surface area contributed by atoms with E-state index in [0.717, 1.165) is 5.69 Å². The van der Waals surface area contributed by atoms with Crippen molar-refractivity contribution in [1.29, 1.82) is 0 Å². The Labute approximate surface area is 118 Å². The van der Waals surface area contributed by atoms with Crippen LogP contribution in [0.1, 0.15) is 18.3 Å². The van der Waals surface area contributed by atoms with Crippen molar-refractivity contribution in [3.8, 4) is 0 Å². The van der Waals surface area contributed by atoms with Gasteiger partial charge in [-0.25, -0.2) is 9.97 Å². The van der Waals surface area contributed by atoms with E-state index in [1.54, 1.807) is 25.1 Å². The smallest absolute Gasteiger partial charge is 0.241 e. The summed E-state index contributed by atoms with van der Waals surface area (Å²) in [6.07, 6.45) is 0. The fourth-order valence-corrected chi connectivity index (χ4v) is 1.55. The molecule has 0 saturated heterocycles. The first-order chi connectivity index (χ1) is 8.85. The molecule has 0 fully saturated rings. The summed E-state index contributed by atoms with van der Waals surface area (Å²) in [5, 5.41) is 0. The Bertz CT molecular complexity index is 489. The van der Waals surface area contributed by atoms with E-state index >= 15 is 0 Å². The Hall–Kier alpha value is -1.76. The fraction of sp³-hybridized carbons (Fsp3) is 0.500. The van der Waals surface area contributed by atoms with Crippen LogP contribution >= 0.6 is 12.2 Å². The molecule has 0 unspecified atom stereocenters. The van der Waals surface area contributed by atoms with Crippen molar-refractivity contribution >= 4 is 29.1 Å². The summed E-state index contributed by atoms with van der Waals surface area (Å²) in [6.45, 7) is 4.63. The minimum atomic E-state index is -0.0103. The molecule has 0 atom stereocenters. The number of rotatable bonds is 5. The van der Waals surface area contributed by atoms with E-state index in [0.29, 0.717) is 18.2 Å². The van der Waals surface area contributed by atoms with Crippen LogP contribution in [0.15, 0.2) is 6.07 Å². The number of aryl methyl sites for hydroxylation is 1. The second-order valence-corrected chi connectivity index (χ2v) is 4.80. The van der Waals surface area contributed by atoms with E-state index in [4.69, 9.17) is 18.0 Å². The second-order valence-electron chi connectivity index (χ2n) is 4.36. The Morgan fingerprint density at radius 2 is 2.05 bits per heavy atom. The van der Waals surface area contributed by atoms with Gasteiger partial charge in [0.2, 0.25) is 11.9 Å². The van der Waals surface area contributed by atoms with Crippen LogP contribution in [0.3, 0.4) is 0 Å². The number of hydrogen-bond acceptors (Lipinski definition) is 5. The number of amides is 1. The largest absolute Gasteiger partial charge is 0.388 e. The van der Waals surface area contributed by atoms with Crippen molar-refractivity contribution < 1.29 is 4.79 Å². The standard InChI is InChI=1S/C12H19N5OS/c1-5-17(7-10(18)16(3)4)12-14-8(2)6-9(15-12)11(13)19/h6H,5,7H2,1-4H3,(H2,13,19). The van der Waals surface area contributed by atoms with E-state index < -0.39 is 0 Å². The maximum atomic E-state index is 11.8. The molecule has 0 aliphatic carbocycles. The zero-order valence-corrected chi connectivity index (χ0v) is 12.5. The van der Waals surface area contributed by atoms with Crippen molar-refractivity contribution in [3.63, 3.8) is 0 Å². The molecule has 1 rings (SSSR count). The summed E-state index contributed by atoms with van der Waals surface area (Å²) in [5.41, 5.74) is 6.88. The van der Waals surface area contributed by atoms with Crippen LogP contribution in [0, 0.1) is 6.92 Å². The number of nitrogens with two attached hydrogens (primary N) is 1. The van der Waals surface area contributed by atoms with E-state index in [2.05, 4.69) is 9.97 Å². The second kappa shape index (κ2) is 6.42. The SMILES string of the molecule is CCN(CC(=O)N(C)C)c1nc(C)cc(C(N)=S)n1. The maximum absolute atomic E-state index is 11.8. The number of thiocarbonyl (C=S) groups is 1. The first-order valence-corrected chi connectivity index (χ1v) is 6.36. The summed E-state index contributed by atoms with van der Waals surface area (Å²) in [4.78, 5) is 23.9. The van der Waals surface area contributed by atoms with Crippen LogP contribution in [0.2, 0.25) is 0 Å². The van der Waals surface area contributed by atoms with E-state index in [1.165, 1.54) is 4.90 Å². The zero-order valence-electron chi connectivity index (χ0n) is 11.7.